The van der Waals surface area contributed by atoms with Gasteiger partial charge in [0.15, 0.2) is 5.11 Å². The van der Waals surface area contributed by atoms with Crippen molar-refractivity contribution >= 4 is 23.0 Å². The number of hydrogen-bond acceptors (Lipinski definition) is 2. The van der Waals surface area contributed by atoms with Gasteiger partial charge in [-0.25, -0.2) is 0 Å². The molecule has 0 aliphatic rings. The molecule has 0 aliphatic heterocycles. The molecule has 1 unspecified atom stereocenters. The summed E-state index contributed by atoms with van der Waals surface area (Å²) < 4.78 is 0. The molecule has 0 fully saturated rings. The Kier molecular flexibility index (Phi) is 10.7. The zero-order chi connectivity index (χ0) is 17.8. The second-order valence-corrected chi connectivity index (χ2v) is 6.88. The van der Waals surface area contributed by atoms with Crippen molar-refractivity contribution in [3.8, 4) is 0 Å². The van der Waals surface area contributed by atoms with Gasteiger partial charge in [0, 0.05) is 11.7 Å². The SMILES string of the molecule is CCCCc1ccc(NC(=S)NC(C)CCCN(CC)CC)cc1. The number of hydrogen-bond donors (Lipinski definition) is 2. The smallest absolute Gasteiger partial charge is 0.170 e. The van der Waals surface area contributed by atoms with Crippen molar-refractivity contribution in [2.24, 2.45) is 0 Å². The Bertz CT molecular complexity index is 454. The van der Waals surface area contributed by atoms with Crippen LogP contribution in [0.1, 0.15) is 58.9 Å². The van der Waals surface area contributed by atoms with Gasteiger partial charge in [0.05, 0.1) is 0 Å². The van der Waals surface area contributed by atoms with Gasteiger partial charge in [-0.3, -0.25) is 0 Å². The van der Waals surface area contributed by atoms with Crippen molar-refractivity contribution in [2.75, 3.05) is 25.0 Å². The number of thiocarbonyl (C=S) groups is 1. The van der Waals surface area contributed by atoms with Crippen LogP contribution in [-0.4, -0.2) is 35.7 Å². The zero-order valence-corrected chi connectivity index (χ0v) is 16.7. The summed E-state index contributed by atoms with van der Waals surface area (Å²) in [6, 6.07) is 9.00. The molecule has 0 aromatic heterocycles. The Morgan fingerprint density at radius 1 is 1.08 bits per heavy atom. The van der Waals surface area contributed by atoms with Crippen LogP contribution < -0.4 is 10.6 Å². The summed E-state index contributed by atoms with van der Waals surface area (Å²) in [4.78, 5) is 2.46. The number of unbranched alkanes of at least 4 members (excludes halogenated alkanes) is 1. The highest BCUT2D eigenvalue weighted by atomic mass is 32.1. The molecule has 136 valence electrons. The first-order valence-corrected chi connectivity index (χ1v) is 9.88. The first-order valence-electron chi connectivity index (χ1n) is 9.47. The van der Waals surface area contributed by atoms with Crippen molar-refractivity contribution < 1.29 is 0 Å². The van der Waals surface area contributed by atoms with Gasteiger partial charge in [0.2, 0.25) is 0 Å². The third-order valence-corrected chi connectivity index (χ3v) is 4.63. The van der Waals surface area contributed by atoms with Gasteiger partial charge in [0.1, 0.15) is 0 Å². The molecule has 0 radical (unpaired) electrons. The lowest BCUT2D eigenvalue weighted by atomic mass is 10.1. The third-order valence-electron chi connectivity index (χ3n) is 4.41. The molecule has 1 rings (SSSR count). The van der Waals surface area contributed by atoms with E-state index in [2.05, 4.69) is 67.5 Å². The molecule has 0 spiro atoms. The van der Waals surface area contributed by atoms with E-state index in [0.29, 0.717) is 11.2 Å². The summed E-state index contributed by atoms with van der Waals surface area (Å²) >= 11 is 5.43. The summed E-state index contributed by atoms with van der Waals surface area (Å²) in [6.07, 6.45) is 5.97. The lowest BCUT2D eigenvalue weighted by molar-refractivity contribution is 0.293. The first kappa shape index (κ1) is 20.9. The van der Waals surface area contributed by atoms with Gasteiger partial charge in [0.25, 0.3) is 0 Å². The zero-order valence-electron chi connectivity index (χ0n) is 15.9. The number of nitrogens with zero attached hydrogens (tertiary/aromatic N) is 1. The number of anilines is 1. The Hall–Kier alpha value is -1.13. The highest BCUT2D eigenvalue weighted by Gasteiger charge is 2.06. The molecule has 3 nitrogen and oxygen atoms in total. The van der Waals surface area contributed by atoms with Crippen LogP contribution in [0.4, 0.5) is 5.69 Å². The van der Waals surface area contributed by atoms with Crippen molar-refractivity contribution in [1.29, 1.82) is 0 Å². The highest BCUT2D eigenvalue weighted by molar-refractivity contribution is 7.80. The maximum Gasteiger partial charge on any atom is 0.170 e. The van der Waals surface area contributed by atoms with E-state index in [1.54, 1.807) is 0 Å². The third kappa shape index (κ3) is 8.65. The molecule has 0 saturated carbocycles. The largest absolute Gasteiger partial charge is 0.360 e. The highest BCUT2D eigenvalue weighted by Crippen LogP contribution is 2.12. The predicted octanol–water partition coefficient (Wildman–Crippen LogP) is 4.83. The van der Waals surface area contributed by atoms with Crippen LogP contribution in [0.5, 0.6) is 0 Å². The summed E-state index contributed by atoms with van der Waals surface area (Å²) in [7, 11) is 0. The Morgan fingerprint density at radius 3 is 2.33 bits per heavy atom. The van der Waals surface area contributed by atoms with E-state index >= 15 is 0 Å². The van der Waals surface area contributed by atoms with Crippen LogP contribution >= 0.6 is 12.2 Å². The molecule has 0 amide bonds. The number of rotatable bonds is 11. The number of benzene rings is 1. The fourth-order valence-corrected chi connectivity index (χ4v) is 3.08. The van der Waals surface area contributed by atoms with Crippen LogP contribution in [0.15, 0.2) is 24.3 Å². The summed E-state index contributed by atoms with van der Waals surface area (Å²) in [5.74, 6) is 0. The van der Waals surface area contributed by atoms with Gasteiger partial charge in [-0.1, -0.05) is 39.3 Å². The standard InChI is InChI=1S/C20H35N3S/c1-5-8-11-18-12-14-19(15-13-18)22-20(24)21-17(4)10-9-16-23(6-2)7-3/h12-15,17H,5-11,16H2,1-4H3,(H2,21,22,24). The minimum Gasteiger partial charge on any atom is -0.360 e. The maximum atomic E-state index is 5.43. The monoisotopic (exact) mass is 349 g/mol. The fourth-order valence-electron chi connectivity index (χ4n) is 2.76. The summed E-state index contributed by atoms with van der Waals surface area (Å²) in [6.45, 7) is 12.3. The van der Waals surface area contributed by atoms with E-state index in [1.807, 2.05) is 0 Å². The molecule has 0 bridgehead atoms. The van der Waals surface area contributed by atoms with Crippen molar-refractivity contribution in [3.63, 3.8) is 0 Å². The van der Waals surface area contributed by atoms with Gasteiger partial charge < -0.3 is 15.5 Å². The molecule has 0 saturated heterocycles. The molecule has 0 aliphatic carbocycles. The fraction of sp³-hybridized carbons (Fsp3) is 0.650. The Morgan fingerprint density at radius 2 is 1.75 bits per heavy atom. The molecule has 24 heavy (non-hydrogen) atoms. The quantitative estimate of drug-likeness (QED) is 0.560. The van der Waals surface area contributed by atoms with E-state index in [-0.39, 0.29) is 0 Å². The van der Waals surface area contributed by atoms with Crippen LogP contribution in [-0.2, 0) is 6.42 Å². The van der Waals surface area contributed by atoms with Gasteiger partial charge in [-0.15, -0.1) is 0 Å². The van der Waals surface area contributed by atoms with Crippen LogP contribution in [0.25, 0.3) is 0 Å². The van der Waals surface area contributed by atoms with Crippen LogP contribution in [0.3, 0.4) is 0 Å². The molecule has 1 aromatic rings. The first-order chi connectivity index (χ1) is 11.6. The second-order valence-electron chi connectivity index (χ2n) is 6.47. The molecule has 0 heterocycles. The van der Waals surface area contributed by atoms with Crippen LogP contribution in [0.2, 0.25) is 0 Å². The van der Waals surface area contributed by atoms with Crippen LogP contribution in [0, 0.1) is 0 Å². The molecule has 1 atom stereocenters. The molecular formula is C20H35N3S. The maximum absolute atomic E-state index is 5.43. The number of aryl methyl sites for hydroxylation is 1. The van der Waals surface area contributed by atoms with Crippen molar-refractivity contribution in [3.05, 3.63) is 29.8 Å². The van der Waals surface area contributed by atoms with E-state index < -0.39 is 0 Å². The molecular weight excluding hydrogens is 314 g/mol. The van der Waals surface area contributed by atoms with E-state index in [0.717, 1.165) is 31.6 Å². The lowest BCUT2D eigenvalue weighted by Gasteiger charge is -2.20. The molecule has 2 N–H and O–H groups in total. The Labute approximate surface area is 154 Å². The topological polar surface area (TPSA) is 27.3 Å². The summed E-state index contributed by atoms with van der Waals surface area (Å²) in [5, 5.41) is 7.39. The minimum atomic E-state index is 0.393. The number of nitrogens with one attached hydrogen (secondary N) is 2. The lowest BCUT2D eigenvalue weighted by Crippen LogP contribution is -2.36. The minimum absolute atomic E-state index is 0.393. The second kappa shape index (κ2) is 12.3. The average molecular weight is 350 g/mol. The van der Waals surface area contributed by atoms with Crippen molar-refractivity contribution in [1.82, 2.24) is 10.2 Å². The molecule has 1 aromatic carbocycles. The van der Waals surface area contributed by atoms with Gasteiger partial charge >= 0.3 is 0 Å². The van der Waals surface area contributed by atoms with E-state index in [9.17, 15) is 0 Å². The molecule has 4 heteroatoms. The van der Waals surface area contributed by atoms with E-state index in [1.165, 1.54) is 31.4 Å². The predicted molar refractivity (Wildman–Crippen MR) is 111 cm³/mol. The van der Waals surface area contributed by atoms with Crippen molar-refractivity contribution in [2.45, 2.75) is 65.8 Å². The summed E-state index contributed by atoms with van der Waals surface area (Å²) in [5.41, 5.74) is 2.45. The average Bonchev–Trinajstić information content (AvgIpc) is 2.58. The van der Waals surface area contributed by atoms with E-state index in [4.69, 9.17) is 12.2 Å². The van der Waals surface area contributed by atoms with Gasteiger partial charge in [-0.05, 0) is 82.2 Å². The Balaban J connectivity index is 2.29. The van der Waals surface area contributed by atoms with Gasteiger partial charge in [-0.2, -0.15) is 0 Å². The normalized spacial score (nSPS) is 12.2.